The smallest absolute Gasteiger partial charge is 0.147 e. The lowest BCUT2D eigenvalue weighted by molar-refractivity contribution is 0.399. The fraction of sp³-hybridized carbons (Fsp3) is 0.636. The van der Waals surface area contributed by atoms with Gasteiger partial charge in [-0.1, -0.05) is 31.9 Å². The van der Waals surface area contributed by atoms with Crippen LogP contribution < -0.4 is 0 Å². The Kier molecular flexibility index (Phi) is 3.31. The highest BCUT2D eigenvalue weighted by Crippen LogP contribution is 2.37. The molecule has 0 saturated heterocycles. The number of hydrogen-bond donors (Lipinski definition) is 0. The molecule has 1 heterocycles. The number of hydrogen-bond acceptors (Lipinski definition) is 2. The molecule has 0 spiro atoms. The third-order valence-electron chi connectivity index (χ3n) is 2.87. The van der Waals surface area contributed by atoms with Gasteiger partial charge in [-0.05, 0) is 34.7 Å². The second-order valence-electron chi connectivity index (χ2n) is 4.35. The Morgan fingerprint density at radius 1 is 1.33 bits per heavy atom. The first-order valence-electron chi connectivity index (χ1n) is 5.32. The van der Waals surface area contributed by atoms with E-state index in [2.05, 4.69) is 39.7 Å². The first-order chi connectivity index (χ1) is 7.09. The van der Waals surface area contributed by atoms with E-state index in [1.54, 1.807) is 0 Å². The molecule has 0 bridgehead atoms. The molecule has 0 N–H and O–H groups in total. The quantitative estimate of drug-likeness (QED) is 0.759. The summed E-state index contributed by atoms with van der Waals surface area (Å²) in [5.74, 6) is 1.84. The number of aromatic nitrogens is 2. The van der Waals surface area contributed by atoms with Gasteiger partial charge in [-0.15, -0.1) is 0 Å². The van der Waals surface area contributed by atoms with E-state index < -0.39 is 0 Å². The van der Waals surface area contributed by atoms with Crippen LogP contribution >= 0.6 is 27.5 Å². The molecule has 4 heteroatoms. The molecule has 1 aromatic rings. The summed E-state index contributed by atoms with van der Waals surface area (Å²) >= 11 is 9.54. The third kappa shape index (κ3) is 2.18. The average Bonchev–Trinajstić information content (AvgIpc) is 2.07. The molecule has 0 aliphatic heterocycles. The Morgan fingerprint density at radius 2 is 2.00 bits per heavy atom. The van der Waals surface area contributed by atoms with Crippen LogP contribution in [0.1, 0.15) is 56.5 Å². The molecule has 1 aliphatic carbocycles. The summed E-state index contributed by atoms with van der Waals surface area (Å²) in [5.41, 5.74) is 1.02. The van der Waals surface area contributed by atoms with E-state index in [0.717, 1.165) is 16.0 Å². The summed E-state index contributed by atoms with van der Waals surface area (Å²) in [6.07, 6.45) is 3.70. The highest BCUT2D eigenvalue weighted by molar-refractivity contribution is 9.10. The SMILES string of the molecule is CC(C)c1nc(C2CCC2)nc(Cl)c1Br. The molecule has 2 rings (SSSR count). The van der Waals surface area contributed by atoms with E-state index >= 15 is 0 Å². The second kappa shape index (κ2) is 4.38. The molecule has 1 saturated carbocycles. The number of rotatable bonds is 2. The van der Waals surface area contributed by atoms with Crippen molar-refractivity contribution >= 4 is 27.5 Å². The minimum absolute atomic E-state index is 0.374. The molecule has 0 radical (unpaired) electrons. The first-order valence-corrected chi connectivity index (χ1v) is 6.49. The zero-order valence-corrected chi connectivity index (χ0v) is 11.3. The molecular formula is C11H14BrClN2. The van der Waals surface area contributed by atoms with E-state index in [9.17, 15) is 0 Å². The molecule has 2 nitrogen and oxygen atoms in total. The van der Waals surface area contributed by atoms with Crippen molar-refractivity contribution < 1.29 is 0 Å². The first kappa shape index (κ1) is 11.3. The average molecular weight is 290 g/mol. The van der Waals surface area contributed by atoms with Gasteiger partial charge in [0.1, 0.15) is 11.0 Å². The van der Waals surface area contributed by atoms with Crippen molar-refractivity contribution in [1.82, 2.24) is 9.97 Å². The lowest BCUT2D eigenvalue weighted by Crippen LogP contribution is -2.14. The van der Waals surface area contributed by atoms with Crippen molar-refractivity contribution in [3.8, 4) is 0 Å². The predicted octanol–water partition coefficient (Wildman–Crippen LogP) is 4.28. The van der Waals surface area contributed by atoms with Crippen LogP contribution in [-0.4, -0.2) is 9.97 Å². The van der Waals surface area contributed by atoms with Gasteiger partial charge in [-0.2, -0.15) is 0 Å². The Balaban J connectivity index is 2.40. The van der Waals surface area contributed by atoms with Crippen LogP contribution in [0, 0.1) is 0 Å². The van der Waals surface area contributed by atoms with Gasteiger partial charge in [0.25, 0.3) is 0 Å². The standard InChI is InChI=1S/C11H14BrClN2/c1-6(2)9-8(12)10(13)15-11(14-9)7-4-3-5-7/h6-7H,3-5H2,1-2H3. The van der Waals surface area contributed by atoms with Gasteiger partial charge < -0.3 is 0 Å². The topological polar surface area (TPSA) is 25.8 Å². The van der Waals surface area contributed by atoms with Crippen LogP contribution in [0.2, 0.25) is 5.15 Å². The molecule has 0 amide bonds. The normalized spacial score (nSPS) is 16.9. The van der Waals surface area contributed by atoms with Gasteiger partial charge in [0, 0.05) is 5.92 Å². The van der Waals surface area contributed by atoms with Crippen molar-refractivity contribution in [2.24, 2.45) is 0 Å². The van der Waals surface area contributed by atoms with Crippen LogP contribution in [0.15, 0.2) is 4.47 Å². The molecule has 0 atom stereocenters. The summed E-state index contributed by atoms with van der Waals surface area (Å²) in [7, 11) is 0. The fourth-order valence-corrected chi connectivity index (χ4v) is 2.50. The van der Waals surface area contributed by atoms with E-state index in [1.807, 2.05) is 0 Å². The maximum Gasteiger partial charge on any atom is 0.147 e. The Bertz CT molecular complexity index is 375. The number of nitrogens with zero attached hydrogens (tertiary/aromatic N) is 2. The fourth-order valence-electron chi connectivity index (χ4n) is 1.68. The zero-order chi connectivity index (χ0) is 11.0. The second-order valence-corrected chi connectivity index (χ2v) is 5.51. The Labute approximate surface area is 104 Å². The van der Waals surface area contributed by atoms with Crippen LogP contribution in [-0.2, 0) is 0 Å². The van der Waals surface area contributed by atoms with Crippen molar-refractivity contribution in [2.45, 2.75) is 44.9 Å². The largest absolute Gasteiger partial charge is 0.236 e. The molecule has 1 aliphatic rings. The summed E-state index contributed by atoms with van der Waals surface area (Å²) in [5, 5.41) is 0.551. The highest BCUT2D eigenvalue weighted by atomic mass is 79.9. The predicted molar refractivity (Wildman–Crippen MR) is 65.4 cm³/mol. The van der Waals surface area contributed by atoms with Gasteiger partial charge >= 0.3 is 0 Å². The molecule has 82 valence electrons. The van der Waals surface area contributed by atoms with Gasteiger partial charge in [-0.3, -0.25) is 0 Å². The van der Waals surface area contributed by atoms with Gasteiger partial charge in [-0.25, -0.2) is 9.97 Å². The maximum absolute atomic E-state index is 6.09. The minimum Gasteiger partial charge on any atom is -0.236 e. The van der Waals surface area contributed by atoms with Gasteiger partial charge in [0.05, 0.1) is 10.2 Å². The van der Waals surface area contributed by atoms with Crippen molar-refractivity contribution in [2.75, 3.05) is 0 Å². The van der Waals surface area contributed by atoms with Crippen molar-refractivity contribution in [3.63, 3.8) is 0 Å². The van der Waals surface area contributed by atoms with Crippen molar-refractivity contribution in [3.05, 3.63) is 21.1 Å². The number of halogens is 2. The molecule has 0 aromatic carbocycles. The van der Waals surface area contributed by atoms with Crippen LogP contribution in [0.4, 0.5) is 0 Å². The molecular weight excluding hydrogens is 275 g/mol. The van der Waals surface area contributed by atoms with E-state index in [-0.39, 0.29) is 0 Å². The lowest BCUT2D eigenvalue weighted by Gasteiger charge is -2.24. The molecule has 1 aromatic heterocycles. The summed E-state index contributed by atoms with van der Waals surface area (Å²) < 4.78 is 0.849. The molecule has 0 unspecified atom stereocenters. The van der Waals surface area contributed by atoms with Gasteiger partial charge in [0.2, 0.25) is 0 Å². The monoisotopic (exact) mass is 288 g/mol. The van der Waals surface area contributed by atoms with Crippen LogP contribution in [0.3, 0.4) is 0 Å². The van der Waals surface area contributed by atoms with Crippen LogP contribution in [0.25, 0.3) is 0 Å². The highest BCUT2D eigenvalue weighted by Gasteiger charge is 2.24. The van der Waals surface area contributed by atoms with Gasteiger partial charge in [0.15, 0.2) is 0 Å². The van der Waals surface area contributed by atoms with Crippen LogP contribution in [0.5, 0.6) is 0 Å². The van der Waals surface area contributed by atoms with Crippen molar-refractivity contribution in [1.29, 1.82) is 0 Å². The lowest BCUT2D eigenvalue weighted by atomic mass is 9.85. The Hall–Kier alpha value is -0.150. The summed E-state index contributed by atoms with van der Waals surface area (Å²) in [6.45, 7) is 4.24. The summed E-state index contributed by atoms with van der Waals surface area (Å²) in [4.78, 5) is 8.96. The zero-order valence-electron chi connectivity index (χ0n) is 8.93. The maximum atomic E-state index is 6.09. The minimum atomic E-state index is 0.374. The molecule has 1 fully saturated rings. The molecule has 15 heavy (non-hydrogen) atoms. The van der Waals surface area contributed by atoms with E-state index in [1.165, 1.54) is 19.3 Å². The van der Waals surface area contributed by atoms with E-state index in [0.29, 0.717) is 17.0 Å². The Morgan fingerprint density at radius 3 is 2.47 bits per heavy atom. The third-order valence-corrected chi connectivity index (χ3v) is 4.15. The van der Waals surface area contributed by atoms with E-state index in [4.69, 9.17) is 11.6 Å². The summed E-state index contributed by atoms with van der Waals surface area (Å²) in [6, 6.07) is 0.